The van der Waals surface area contributed by atoms with Crippen LogP contribution in [0.5, 0.6) is 0 Å². The Labute approximate surface area is 110 Å². The fourth-order valence-electron chi connectivity index (χ4n) is 3.04. The standard InChI is InChI=1S/C14H26N4/c1-4-15-9-12-7-6-8-17(3)14(12)13-10-16-18(5-2)11-13/h10-12,14-15H,4-9H2,1-3H3. The topological polar surface area (TPSA) is 33.1 Å². The van der Waals surface area contributed by atoms with E-state index in [0.29, 0.717) is 12.0 Å². The number of aryl methyl sites for hydroxylation is 1. The maximum atomic E-state index is 4.43. The van der Waals surface area contributed by atoms with E-state index in [9.17, 15) is 0 Å². The van der Waals surface area contributed by atoms with E-state index in [4.69, 9.17) is 0 Å². The second kappa shape index (κ2) is 6.34. The zero-order chi connectivity index (χ0) is 13.0. The molecule has 1 aromatic rings. The van der Waals surface area contributed by atoms with Crippen molar-refractivity contribution in [2.45, 2.75) is 39.3 Å². The van der Waals surface area contributed by atoms with Gasteiger partial charge in [0.1, 0.15) is 0 Å². The zero-order valence-corrected chi connectivity index (χ0v) is 11.9. The van der Waals surface area contributed by atoms with Crippen LogP contribution in [0, 0.1) is 5.92 Å². The normalized spacial score (nSPS) is 25.5. The number of likely N-dealkylation sites (tertiary alicyclic amines) is 1. The van der Waals surface area contributed by atoms with Crippen molar-refractivity contribution < 1.29 is 0 Å². The molecule has 2 heterocycles. The molecule has 1 aliphatic rings. The lowest BCUT2D eigenvalue weighted by atomic mass is 9.86. The monoisotopic (exact) mass is 250 g/mol. The van der Waals surface area contributed by atoms with Crippen LogP contribution in [0.25, 0.3) is 0 Å². The number of nitrogens with one attached hydrogen (secondary N) is 1. The second-order valence-corrected chi connectivity index (χ2v) is 5.26. The average Bonchev–Trinajstić information content (AvgIpc) is 2.84. The van der Waals surface area contributed by atoms with Crippen LogP contribution < -0.4 is 5.32 Å². The highest BCUT2D eigenvalue weighted by molar-refractivity contribution is 5.13. The lowest BCUT2D eigenvalue weighted by molar-refractivity contribution is 0.120. The molecule has 0 aromatic carbocycles. The van der Waals surface area contributed by atoms with Crippen LogP contribution in [-0.4, -0.2) is 41.4 Å². The van der Waals surface area contributed by atoms with Crippen LogP contribution in [0.4, 0.5) is 0 Å². The van der Waals surface area contributed by atoms with Crippen LogP contribution >= 0.6 is 0 Å². The molecule has 0 saturated carbocycles. The Hall–Kier alpha value is -0.870. The molecule has 2 unspecified atom stereocenters. The number of piperidine rings is 1. The van der Waals surface area contributed by atoms with Gasteiger partial charge in [-0.05, 0) is 52.4 Å². The van der Waals surface area contributed by atoms with Crippen LogP contribution in [0.1, 0.15) is 38.3 Å². The molecular weight excluding hydrogens is 224 g/mol. The van der Waals surface area contributed by atoms with E-state index >= 15 is 0 Å². The summed E-state index contributed by atoms with van der Waals surface area (Å²) in [5.74, 6) is 0.707. The van der Waals surface area contributed by atoms with Gasteiger partial charge in [-0.15, -0.1) is 0 Å². The fourth-order valence-corrected chi connectivity index (χ4v) is 3.04. The molecule has 1 N–H and O–H groups in total. The summed E-state index contributed by atoms with van der Waals surface area (Å²) in [7, 11) is 2.24. The molecule has 0 amide bonds. The summed E-state index contributed by atoms with van der Waals surface area (Å²) in [6.45, 7) is 8.64. The van der Waals surface area contributed by atoms with Gasteiger partial charge in [-0.1, -0.05) is 6.92 Å². The Morgan fingerprint density at radius 2 is 2.28 bits per heavy atom. The van der Waals surface area contributed by atoms with Gasteiger partial charge in [-0.3, -0.25) is 9.58 Å². The Balaban J connectivity index is 2.13. The van der Waals surface area contributed by atoms with Crippen molar-refractivity contribution in [2.24, 2.45) is 5.92 Å². The first-order valence-electron chi connectivity index (χ1n) is 7.19. The van der Waals surface area contributed by atoms with E-state index in [1.807, 2.05) is 4.68 Å². The average molecular weight is 250 g/mol. The van der Waals surface area contributed by atoms with Crippen LogP contribution in [0.2, 0.25) is 0 Å². The summed E-state index contributed by atoms with van der Waals surface area (Å²) in [5, 5.41) is 7.93. The number of nitrogens with zero attached hydrogens (tertiary/aromatic N) is 3. The molecule has 2 rings (SSSR count). The summed E-state index contributed by atoms with van der Waals surface area (Å²) < 4.78 is 2.03. The van der Waals surface area contributed by atoms with Gasteiger partial charge in [0.2, 0.25) is 0 Å². The number of aromatic nitrogens is 2. The quantitative estimate of drug-likeness (QED) is 0.866. The highest BCUT2D eigenvalue weighted by Gasteiger charge is 2.30. The van der Waals surface area contributed by atoms with Crippen molar-refractivity contribution in [3.8, 4) is 0 Å². The Bertz CT molecular complexity index is 360. The van der Waals surface area contributed by atoms with E-state index in [-0.39, 0.29) is 0 Å². The van der Waals surface area contributed by atoms with Gasteiger partial charge < -0.3 is 5.32 Å². The van der Waals surface area contributed by atoms with Gasteiger partial charge in [0.05, 0.1) is 6.20 Å². The maximum absolute atomic E-state index is 4.43. The maximum Gasteiger partial charge on any atom is 0.0537 e. The van der Waals surface area contributed by atoms with Crippen LogP contribution in [-0.2, 0) is 6.54 Å². The number of rotatable bonds is 5. The van der Waals surface area contributed by atoms with E-state index in [2.05, 4.69) is 48.6 Å². The molecule has 4 heteroatoms. The molecule has 0 bridgehead atoms. The van der Waals surface area contributed by atoms with Crippen molar-refractivity contribution in [1.82, 2.24) is 20.0 Å². The van der Waals surface area contributed by atoms with Crippen molar-refractivity contribution in [1.29, 1.82) is 0 Å². The third-order valence-electron chi connectivity index (χ3n) is 3.98. The van der Waals surface area contributed by atoms with Gasteiger partial charge in [-0.2, -0.15) is 5.10 Å². The number of hydrogen-bond donors (Lipinski definition) is 1. The van der Waals surface area contributed by atoms with Gasteiger partial charge in [0.15, 0.2) is 0 Å². The summed E-state index contributed by atoms with van der Waals surface area (Å²) in [5.41, 5.74) is 1.38. The predicted octanol–water partition coefficient (Wildman–Crippen LogP) is 1.90. The molecule has 4 nitrogen and oxygen atoms in total. The summed E-state index contributed by atoms with van der Waals surface area (Å²) in [6, 6.07) is 0.526. The minimum absolute atomic E-state index is 0.526. The molecule has 1 fully saturated rings. The summed E-state index contributed by atoms with van der Waals surface area (Å²) in [4.78, 5) is 2.49. The van der Waals surface area contributed by atoms with Crippen molar-refractivity contribution >= 4 is 0 Å². The van der Waals surface area contributed by atoms with E-state index in [0.717, 1.165) is 19.6 Å². The van der Waals surface area contributed by atoms with E-state index < -0.39 is 0 Å². The van der Waals surface area contributed by atoms with E-state index in [1.165, 1.54) is 24.9 Å². The van der Waals surface area contributed by atoms with Crippen LogP contribution in [0.15, 0.2) is 12.4 Å². The lowest BCUT2D eigenvalue weighted by Crippen LogP contribution is -2.40. The predicted molar refractivity (Wildman–Crippen MR) is 74.5 cm³/mol. The van der Waals surface area contributed by atoms with E-state index in [1.54, 1.807) is 0 Å². The molecule has 1 aliphatic heterocycles. The molecule has 18 heavy (non-hydrogen) atoms. The molecule has 2 atom stereocenters. The largest absolute Gasteiger partial charge is 0.317 e. The molecule has 1 saturated heterocycles. The molecular formula is C14H26N4. The fraction of sp³-hybridized carbons (Fsp3) is 0.786. The first kappa shape index (κ1) is 13.6. The van der Waals surface area contributed by atoms with Gasteiger partial charge in [0, 0.05) is 24.3 Å². The third kappa shape index (κ3) is 2.93. The SMILES string of the molecule is CCNCC1CCCN(C)C1c1cnn(CC)c1. The smallest absolute Gasteiger partial charge is 0.0537 e. The third-order valence-corrected chi connectivity index (χ3v) is 3.98. The first-order chi connectivity index (χ1) is 8.76. The minimum atomic E-state index is 0.526. The Morgan fingerprint density at radius 1 is 1.44 bits per heavy atom. The molecule has 102 valence electrons. The highest BCUT2D eigenvalue weighted by Crippen LogP contribution is 2.34. The van der Waals surface area contributed by atoms with Gasteiger partial charge in [-0.25, -0.2) is 0 Å². The molecule has 0 radical (unpaired) electrons. The van der Waals surface area contributed by atoms with Crippen molar-refractivity contribution in [3.05, 3.63) is 18.0 Å². The highest BCUT2D eigenvalue weighted by atomic mass is 15.3. The Kier molecular flexibility index (Phi) is 4.78. The molecule has 1 aromatic heterocycles. The first-order valence-corrected chi connectivity index (χ1v) is 7.19. The lowest BCUT2D eigenvalue weighted by Gasteiger charge is -2.39. The number of hydrogen-bond acceptors (Lipinski definition) is 3. The van der Waals surface area contributed by atoms with Crippen molar-refractivity contribution in [3.63, 3.8) is 0 Å². The minimum Gasteiger partial charge on any atom is -0.317 e. The van der Waals surface area contributed by atoms with Crippen LogP contribution in [0.3, 0.4) is 0 Å². The second-order valence-electron chi connectivity index (χ2n) is 5.26. The molecule has 0 aliphatic carbocycles. The molecule has 0 spiro atoms. The van der Waals surface area contributed by atoms with Crippen molar-refractivity contribution in [2.75, 3.05) is 26.7 Å². The Morgan fingerprint density at radius 3 is 2.94 bits per heavy atom. The summed E-state index contributed by atoms with van der Waals surface area (Å²) >= 11 is 0. The zero-order valence-electron chi connectivity index (χ0n) is 11.9. The van der Waals surface area contributed by atoms with Gasteiger partial charge in [0.25, 0.3) is 0 Å². The summed E-state index contributed by atoms with van der Waals surface area (Å²) in [6.07, 6.45) is 6.89. The van der Waals surface area contributed by atoms with Gasteiger partial charge >= 0.3 is 0 Å².